The summed E-state index contributed by atoms with van der Waals surface area (Å²) in [6.45, 7) is 5.14. The molecule has 1 aromatic rings. The second-order valence-corrected chi connectivity index (χ2v) is 6.53. The van der Waals surface area contributed by atoms with Crippen LogP contribution in [-0.2, 0) is 14.8 Å². The molecule has 5 N–H and O–H groups in total. The van der Waals surface area contributed by atoms with Gasteiger partial charge in [-0.25, -0.2) is 13.6 Å². The van der Waals surface area contributed by atoms with Crippen molar-refractivity contribution in [2.45, 2.75) is 37.2 Å². The topological polar surface area (TPSA) is 115 Å². The number of carbonyl (C=O) groups excluding carboxylic acids is 1. The van der Waals surface area contributed by atoms with Crippen molar-refractivity contribution in [3.8, 4) is 0 Å². The van der Waals surface area contributed by atoms with Gasteiger partial charge >= 0.3 is 0 Å². The molecule has 0 spiro atoms. The van der Waals surface area contributed by atoms with Gasteiger partial charge in [0.2, 0.25) is 15.9 Å². The molecule has 19 heavy (non-hydrogen) atoms. The number of benzene rings is 1. The summed E-state index contributed by atoms with van der Waals surface area (Å²) in [4.78, 5) is 11.3. The lowest BCUT2D eigenvalue weighted by atomic mass is 10.0. The summed E-state index contributed by atoms with van der Waals surface area (Å²) in [6, 6.07) is 6.01. The zero-order chi connectivity index (χ0) is 14.8. The molecule has 0 fully saturated rings. The molecular weight excluding hydrogens is 266 g/mol. The van der Waals surface area contributed by atoms with Gasteiger partial charge < -0.3 is 5.73 Å². The number of rotatable bonds is 5. The van der Waals surface area contributed by atoms with Crippen LogP contribution in [0, 0.1) is 0 Å². The lowest BCUT2D eigenvalue weighted by Crippen LogP contribution is -2.51. The van der Waals surface area contributed by atoms with Crippen LogP contribution in [0.25, 0.3) is 0 Å². The first-order valence-corrected chi connectivity index (χ1v) is 7.29. The number of primary amides is 1. The molecule has 1 atom stereocenters. The zero-order valence-corrected chi connectivity index (χ0v) is 12.0. The maximum atomic E-state index is 11.3. The van der Waals surface area contributed by atoms with Crippen LogP contribution in [0.3, 0.4) is 0 Å². The van der Waals surface area contributed by atoms with Crippen LogP contribution < -0.4 is 16.2 Å². The summed E-state index contributed by atoms with van der Waals surface area (Å²) in [6.07, 6.45) is 0. The molecule has 0 saturated heterocycles. The zero-order valence-electron chi connectivity index (χ0n) is 11.2. The monoisotopic (exact) mass is 285 g/mol. The Morgan fingerprint density at radius 1 is 1.37 bits per heavy atom. The normalized spacial score (nSPS) is 14.1. The number of nitrogens with one attached hydrogen (secondary N) is 1. The second kappa shape index (κ2) is 5.28. The minimum atomic E-state index is -3.74. The van der Waals surface area contributed by atoms with Gasteiger partial charge in [0, 0.05) is 6.04 Å². The average molecular weight is 285 g/mol. The van der Waals surface area contributed by atoms with E-state index in [1.54, 1.807) is 26.0 Å². The molecule has 1 unspecified atom stereocenters. The largest absolute Gasteiger partial charge is 0.368 e. The van der Waals surface area contributed by atoms with Crippen LogP contribution in [0.4, 0.5) is 0 Å². The molecule has 0 heterocycles. The van der Waals surface area contributed by atoms with E-state index in [0.29, 0.717) is 5.56 Å². The van der Waals surface area contributed by atoms with Gasteiger partial charge in [-0.2, -0.15) is 0 Å². The molecule has 0 radical (unpaired) electrons. The SMILES string of the molecule is CC(NC(C)(C)C(N)=O)c1cccc(S(N)(=O)=O)c1. The molecule has 1 rings (SSSR count). The van der Waals surface area contributed by atoms with Gasteiger partial charge in [-0.1, -0.05) is 12.1 Å². The van der Waals surface area contributed by atoms with Gasteiger partial charge in [0.15, 0.2) is 0 Å². The number of primary sulfonamides is 1. The highest BCUT2D eigenvalue weighted by atomic mass is 32.2. The fourth-order valence-corrected chi connectivity index (χ4v) is 2.23. The Morgan fingerprint density at radius 2 is 1.95 bits per heavy atom. The maximum Gasteiger partial charge on any atom is 0.238 e. The molecule has 6 nitrogen and oxygen atoms in total. The highest BCUT2D eigenvalue weighted by molar-refractivity contribution is 7.89. The first-order chi connectivity index (χ1) is 8.54. The van der Waals surface area contributed by atoms with Crippen molar-refractivity contribution in [1.29, 1.82) is 0 Å². The van der Waals surface area contributed by atoms with E-state index >= 15 is 0 Å². The van der Waals surface area contributed by atoms with E-state index in [1.807, 2.05) is 6.92 Å². The number of amides is 1. The van der Waals surface area contributed by atoms with Crippen LogP contribution in [0.2, 0.25) is 0 Å². The Balaban J connectivity index is 3.02. The molecule has 1 amide bonds. The van der Waals surface area contributed by atoms with Crippen molar-refractivity contribution in [1.82, 2.24) is 5.32 Å². The smallest absolute Gasteiger partial charge is 0.238 e. The van der Waals surface area contributed by atoms with Crippen LogP contribution in [0.1, 0.15) is 32.4 Å². The first kappa shape index (κ1) is 15.6. The lowest BCUT2D eigenvalue weighted by molar-refractivity contribution is -0.123. The highest BCUT2D eigenvalue weighted by Crippen LogP contribution is 2.19. The van der Waals surface area contributed by atoms with Crippen molar-refractivity contribution < 1.29 is 13.2 Å². The van der Waals surface area contributed by atoms with E-state index in [4.69, 9.17) is 10.9 Å². The molecule has 0 bridgehead atoms. The van der Waals surface area contributed by atoms with Gasteiger partial charge in [0.25, 0.3) is 0 Å². The number of nitrogens with two attached hydrogens (primary N) is 2. The van der Waals surface area contributed by atoms with Crippen LogP contribution >= 0.6 is 0 Å². The Kier molecular flexibility index (Phi) is 4.34. The van der Waals surface area contributed by atoms with E-state index in [0.717, 1.165) is 0 Å². The summed E-state index contributed by atoms with van der Waals surface area (Å²) >= 11 is 0. The Bertz CT molecular complexity index is 582. The fourth-order valence-electron chi connectivity index (χ4n) is 1.66. The molecule has 0 aliphatic heterocycles. The summed E-state index contributed by atoms with van der Waals surface area (Å²) in [7, 11) is -3.74. The quantitative estimate of drug-likeness (QED) is 0.719. The minimum Gasteiger partial charge on any atom is -0.368 e. The summed E-state index contributed by atoms with van der Waals surface area (Å²) < 4.78 is 22.6. The number of sulfonamides is 1. The lowest BCUT2D eigenvalue weighted by Gasteiger charge is -2.27. The number of hydrogen-bond acceptors (Lipinski definition) is 4. The average Bonchev–Trinajstić information content (AvgIpc) is 2.27. The maximum absolute atomic E-state index is 11.3. The summed E-state index contributed by atoms with van der Waals surface area (Å²) in [5, 5.41) is 8.12. The van der Waals surface area contributed by atoms with Crippen molar-refractivity contribution in [3.05, 3.63) is 29.8 Å². The Morgan fingerprint density at radius 3 is 2.42 bits per heavy atom. The van der Waals surface area contributed by atoms with E-state index < -0.39 is 21.5 Å². The molecule has 7 heteroatoms. The Hall–Kier alpha value is -1.44. The highest BCUT2D eigenvalue weighted by Gasteiger charge is 2.27. The van der Waals surface area contributed by atoms with Gasteiger partial charge in [-0.05, 0) is 38.5 Å². The Labute approximate surface area is 113 Å². The van der Waals surface area contributed by atoms with Gasteiger partial charge in [0.1, 0.15) is 0 Å². The molecular formula is C12H19N3O3S. The first-order valence-electron chi connectivity index (χ1n) is 5.74. The summed E-state index contributed by atoms with van der Waals surface area (Å²) in [5.74, 6) is -0.484. The second-order valence-electron chi connectivity index (χ2n) is 4.97. The van der Waals surface area contributed by atoms with Crippen LogP contribution in [0.15, 0.2) is 29.2 Å². The van der Waals surface area contributed by atoms with E-state index in [2.05, 4.69) is 5.32 Å². The van der Waals surface area contributed by atoms with Crippen molar-refractivity contribution in [2.24, 2.45) is 10.9 Å². The standard InChI is InChI=1S/C12H19N3O3S/c1-8(15-12(2,3)11(13)16)9-5-4-6-10(7-9)19(14,17)18/h4-8,15H,1-3H3,(H2,13,16)(H2,14,17,18). The third-order valence-corrected chi connectivity index (χ3v) is 3.79. The molecule has 106 valence electrons. The predicted octanol–water partition coefficient (Wildman–Crippen LogP) is 0.249. The van der Waals surface area contributed by atoms with E-state index in [-0.39, 0.29) is 10.9 Å². The van der Waals surface area contributed by atoms with Crippen LogP contribution in [0.5, 0.6) is 0 Å². The van der Waals surface area contributed by atoms with Gasteiger partial charge in [-0.15, -0.1) is 0 Å². The fraction of sp³-hybridized carbons (Fsp3) is 0.417. The summed E-state index contributed by atoms with van der Waals surface area (Å²) in [5.41, 5.74) is 5.10. The predicted molar refractivity (Wildman–Crippen MR) is 72.6 cm³/mol. The van der Waals surface area contributed by atoms with Crippen LogP contribution in [-0.4, -0.2) is 19.9 Å². The number of hydrogen-bond donors (Lipinski definition) is 3. The third-order valence-electron chi connectivity index (χ3n) is 2.88. The van der Waals surface area contributed by atoms with Gasteiger partial charge in [0.05, 0.1) is 10.4 Å². The van der Waals surface area contributed by atoms with Crippen molar-refractivity contribution in [3.63, 3.8) is 0 Å². The van der Waals surface area contributed by atoms with E-state index in [1.165, 1.54) is 12.1 Å². The third kappa shape index (κ3) is 4.02. The molecule has 0 aliphatic carbocycles. The van der Waals surface area contributed by atoms with Gasteiger partial charge in [-0.3, -0.25) is 10.1 Å². The molecule has 0 saturated carbocycles. The minimum absolute atomic E-state index is 0.0375. The van der Waals surface area contributed by atoms with E-state index in [9.17, 15) is 13.2 Å². The van der Waals surface area contributed by atoms with Crippen molar-refractivity contribution >= 4 is 15.9 Å². The molecule has 0 aliphatic rings. The van der Waals surface area contributed by atoms with Crippen molar-refractivity contribution in [2.75, 3.05) is 0 Å². The molecule has 0 aromatic heterocycles. The number of carbonyl (C=O) groups is 1. The molecule has 1 aromatic carbocycles.